The average Bonchev–Trinajstić information content (AvgIpc) is 2.29. The van der Waals surface area contributed by atoms with Gasteiger partial charge in [0.15, 0.2) is 0 Å². The molecule has 3 N–H and O–H groups in total. The minimum absolute atomic E-state index is 0.00458. The van der Waals surface area contributed by atoms with Crippen molar-refractivity contribution in [3.63, 3.8) is 0 Å². The van der Waals surface area contributed by atoms with Crippen molar-refractivity contribution in [2.75, 3.05) is 5.73 Å². The summed E-state index contributed by atoms with van der Waals surface area (Å²) in [4.78, 5) is 15.4. The number of carbonyl (C=O) groups is 1. The number of carboxylic acids is 1. The number of aliphatic carboxylic acids is 1. The van der Waals surface area contributed by atoms with Gasteiger partial charge >= 0.3 is 5.97 Å². The molecule has 4 heteroatoms. The van der Waals surface area contributed by atoms with Crippen LogP contribution in [0.15, 0.2) is 18.3 Å². The number of rotatable bonds is 2. The van der Waals surface area contributed by atoms with E-state index < -0.39 is 5.97 Å². The standard InChI is InChI=1S/C13H18N2O2/c1-8-4-5-10(13(16)17)11(7-8)9-3-2-6-15-12(9)14/h2-3,6,8,10-11H,4-5,7H2,1H3,(H2,14,15)(H,16,17). The first-order valence-corrected chi connectivity index (χ1v) is 6.02. The molecule has 1 aliphatic rings. The van der Waals surface area contributed by atoms with Crippen LogP contribution in [0.5, 0.6) is 0 Å². The van der Waals surface area contributed by atoms with Crippen LogP contribution in [0.1, 0.15) is 37.7 Å². The second-order valence-electron chi connectivity index (χ2n) is 4.95. The van der Waals surface area contributed by atoms with Gasteiger partial charge in [-0.15, -0.1) is 0 Å². The fraction of sp³-hybridized carbons (Fsp3) is 0.538. The van der Waals surface area contributed by atoms with Gasteiger partial charge in [-0.2, -0.15) is 0 Å². The summed E-state index contributed by atoms with van der Waals surface area (Å²) in [5.41, 5.74) is 6.75. The van der Waals surface area contributed by atoms with Crippen molar-refractivity contribution in [3.05, 3.63) is 23.9 Å². The number of hydrogen-bond donors (Lipinski definition) is 2. The molecule has 0 saturated heterocycles. The van der Waals surface area contributed by atoms with Crippen molar-refractivity contribution < 1.29 is 9.90 Å². The van der Waals surface area contributed by atoms with E-state index in [4.69, 9.17) is 5.73 Å². The molecule has 0 amide bonds. The lowest BCUT2D eigenvalue weighted by atomic mass is 9.71. The maximum absolute atomic E-state index is 11.3. The summed E-state index contributed by atoms with van der Waals surface area (Å²) in [6.07, 6.45) is 4.23. The minimum Gasteiger partial charge on any atom is -0.481 e. The lowest BCUT2D eigenvalue weighted by Gasteiger charge is -2.32. The van der Waals surface area contributed by atoms with E-state index in [2.05, 4.69) is 11.9 Å². The van der Waals surface area contributed by atoms with E-state index in [1.54, 1.807) is 6.20 Å². The highest BCUT2D eigenvalue weighted by molar-refractivity contribution is 5.72. The fourth-order valence-electron chi connectivity index (χ4n) is 2.76. The third-order valence-corrected chi connectivity index (χ3v) is 3.70. The molecule has 4 nitrogen and oxygen atoms in total. The van der Waals surface area contributed by atoms with Crippen LogP contribution in [0.3, 0.4) is 0 Å². The first-order valence-electron chi connectivity index (χ1n) is 6.02. The Bertz CT molecular complexity index is 420. The first kappa shape index (κ1) is 11.9. The summed E-state index contributed by atoms with van der Waals surface area (Å²) >= 11 is 0. The Morgan fingerprint density at radius 3 is 2.94 bits per heavy atom. The lowest BCUT2D eigenvalue weighted by Crippen LogP contribution is -2.29. The molecule has 0 radical (unpaired) electrons. The molecule has 2 rings (SSSR count). The van der Waals surface area contributed by atoms with E-state index in [1.807, 2.05) is 12.1 Å². The Hall–Kier alpha value is -1.58. The van der Waals surface area contributed by atoms with Crippen molar-refractivity contribution >= 4 is 11.8 Å². The fourth-order valence-corrected chi connectivity index (χ4v) is 2.76. The van der Waals surface area contributed by atoms with E-state index in [0.717, 1.165) is 24.8 Å². The molecule has 1 aliphatic carbocycles. The number of hydrogen-bond acceptors (Lipinski definition) is 3. The molecule has 1 aromatic heterocycles. The second-order valence-corrected chi connectivity index (χ2v) is 4.95. The van der Waals surface area contributed by atoms with Gasteiger partial charge in [-0.25, -0.2) is 4.98 Å². The Labute approximate surface area is 101 Å². The quantitative estimate of drug-likeness (QED) is 0.823. The van der Waals surface area contributed by atoms with Gasteiger partial charge in [0.1, 0.15) is 5.82 Å². The second kappa shape index (κ2) is 4.73. The van der Waals surface area contributed by atoms with Crippen LogP contribution in [0.4, 0.5) is 5.82 Å². The minimum atomic E-state index is -0.717. The number of pyridine rings is 1. The van der Waals surface area contributed by atoms with Gasteiger partial charge in [0.25, 0.3) is 0 Å². The highest BCUT2D eigenvalue weighted by Crippen LogP contribution is 2.41. The summed E-state index contributed by atoms with van der Waals surface area (Å²) in [5.74, 6) is -0.0131. The van der Waals surface area contributed by atoms with Crippen LogP contribution in [0, 0.1) is 11.8 Å². The van der Waals surface area contributed by atoms with Gasteiger partial charge in [-0.1, -0.05) is 13.0 Å². The number of nitrogen functional groups attached to an aromatic ring is 1. The highest BCUT2D eigenvalue weighted by atomic mass is 16.4. The van der Waals surface area contributed by atoms with Gasteiger partial charge in [0.05, 0.1) is 5.92 Å². The number of anilines is 1. The summed E-state index contributed by atoms with van der Waals surface area (Å²) in [6.45, 7) is 2.16. The molecule has 0 aromatic carbocycles. The third kappa shape index (κ3) is 2.40. The molecule has 3 unspecified atom stereocenters. The van der Waals surface area contributed by atoms with E-state index in [1.165, 1.54) is 0 Å². The predicted molar refractivity (Wildman–Crippen MR) is 65.5 cm³/mol. The van der Waals surface area contributed by atoms with Crippen LogP contribution in [0.2, 0.25) is 0 Å². The van der Waals surface area contributed by atoms with Crippen LogP contribution < -0.4 is 5.73 Å². The summed E-state index contributed by atoms with van der Waals surface area (Å²) < 4.78 is 0. The molecular weight excluding hydrogens is 216 g/mol. The topological polar surface area (TPSA) is 76.2 Å². The highest BCUT2D eigenvalue weighted by Gasteiger charge is 2.35. The molecule has 17 heavy (non-hydrogen) atoms. The summed E-state index contributed by atoms with van der Waals surface area (Å²) in [6, 6.07) is 3.73. The largest absolute Gasteiger partial charge is 0.481 e. The van der Waals surface area contributed by atoms with Gasteiger partial charge in [-0.3, -0.25) is 4.79 Å². The van der Waals surface area contributed by atoms with Crippen molar-refractivity contribution in [3.8, 4) is 0 Å². The Morgan fingerprint density at radius 1 is 1.53 bits per heavy atom. The maximum Gasteiger partial charge on any atom is 0.307 e. The zero-order chi connectivity index (χ0) is 12.4. The molecular formula is C13H18N2O2. The van der Waals surface area contributed by atoms with E-state index in [-0.39, 0.29) is 11.8 Å². The van der Waals surface area contributed by atoms with Gasteiger partial charge in [0, 0.05) is 12.1 Å². The Balaban J connectivity index is 2.32. The molecule has 92 valence electrons. The number of aromatic nitrogens is 1. The summed E-state index contributed by atoms with van der Waals surface area (Å²) in [5, 5.41) is 9.29. The van der Waals surface area contributed by atoms with Crippen LogP contribution in [-0.4, -0.2) is 16.1 Å². The molecule has 1 saturated carbocycles. The first-order chi connectivity index (χ1) is 8.09. The molecule has 0 aliphatic heterocycles. The average molecular weight is 234 g/mol. The maximum atomic E-state index is 11.3. The van der Waals surface area contributed by atoms with Gasteiger partial charge in [0.2, 0.25) is 0 Å². The molecule has 1 aromatic rings. The molecule has 0 spiro atoms. The normalized spacial score (nSPS) is 28.9. The molecule has 3 atom stereocenters. The van der Waals surface area contributed by atoms with Crippen LogP contribution in [-0.2, 0) is 4.79 Å². The van der Waals surface area contributed by atoms with Gasteiger partial charge < -0.3 is 10.8 Å². The Morgan fingerprint density at radius 2 is 2.29 bits per heavy atom. The molecule has 0 bridgehead atoms. The van der Waals surface area contributed by atoms with Crippen molar-refractivity contribution in [2.24, 2.45) is 11.8 Å². The number of nitrogens with zero attached hydrogens (tertiary/aromatic N) is 1. The summed E-state index contributed by atoms with van der Waals surface area (Å²) in [7, 11) is 0. The number of carboxylic acid groups (broad SMARTS) is 1. The SMILES string of the molecule is CC1CCC(C(=O)O)C(c2cccnc2N)C1. The van der Waals surface area contributed by atoms with Crippen LogP contribution in [0.25, 0.3) is 0 Å². The molecule has 1 fully saturated rings. The van der Waals surface area contributed by atoms with E-state index in [9.17, 15) is 9.90 Å². The van der Waals surface area contributed by atoms with Crippen molar-refractivity contribution in [1.82, 2.24) is 4.98 Å². The zero-order valence-electron chi connectivity index (χ0n) is 9.97. The van der Waals surface area contributed by atoms with Crippen molar-refractivity contribution in [2.45, 2.75) is 32.1 Å². The van der Waals surface area contributed by atoms with Gasteiger partial charge in [-0.05, 0) is 36.8 Å². The number of nitrogens with two attached hydrogens (primary N) is 1. The molecule has 1 heterocycles. The van der Waals surface area contributed by atoms with E-state index in [0.29, 0.717) is 11.7 Å². The van der Waals surface area contributed by atoms with E-state index >= 15 is 0 Å². The van der Waals surface area contributed by atoms with Crippen molar-refractivity contribution in [1.29, 1.82) is 0 Å². The third-order valence-electron chi connectivity index (χ3n) is 3.70. The Kier molecular flexibility index (Phi) is 3.31. The smallest absolute Gasteiger partial charge is 0.307 e. The predicted octanol–water partition coefficient (Wildman–Crippen LogP) is 2.27. The van der Waals surface area contributed by atoms with Crippen LogP contribution >= 0.6 is 0 Å². The zero-order valence-corrected chi connectivity index (χ0v) is 9.97. The lowest BCUT2D eigenvalue weighted by molar-refractivity contribution is -0.143. The monoisotopic (exact) mass is 234 g/mol.